The van der Waals surface area contributed by atoms with Crippen LogP contribution in [0.15, 0.2) is 57.5 Å². The van der Waals surface area contributed by atoms with Crippen LogP contribution < -0.4 is 0 Å². The monoisotopic (exact) mass is 656 g/mol. The second kappa shape index (κ2) is 14.9. The van der Waals surface area contributed by atoms with Gasteiger partial charge >= 0.3 is 7.54 Å². The largest absolute Gasteiger partial charge is 0.762 e. The van der Waals surface area contributed by atoms with Crippen molar-refractivity contribution in [3.05, 3.63) is 79.7 Å². The van der Waals surface area contributed by atoms with Gasteiger partial charge in [0.05, 0.1) is 0 Å². The third-order valence-electron chi connectivity index (χ3n) is 6.54. The molecule has 0 saturated heterocycles. The van der Waals surface area contributed by atoms with Crippen molar-refractivity contribution in [3.8, 4) is 0 Å². The zero-order valence-corrected chi connectivity index (χ0v) is 24.6. The van der Waals surface area contributed by atoms with Crippen LogP contribution in [0.1, 0.15) is 71.4 Å². The highest BCUT2D eigenvalue weighted by atomic mass is 79.9. The molecule has 204 valence electrons. The number of ether oxygens (including phenoxy) is 1. The van der Waals surface area contributed by atoms with Crippen LogP contribution in [-0.2, 0) is 22.4 Å². The maximum Gasteiger partial charge on any atom is 0.762 e. The number of ketones is 3. The van der Waals surface area contributed by atoms with Crippen LogP contribution >= 0.6 is 31.9 Å². The molecule has 0 aliphatic heterocycles. The van der Waals surface area contributed by atoms with Gasteiger partial charge in [-0.15, -0.1) is 0 Å². The molecule has 0 radical (unpaired) electrons. The van der Waals surface area contributed by atoms with Crippen molar-refractivity contribution in [2.45, 2.75) is 52.4 Å². The molecule has 38 heavy (non-hydrogen) atoms. The zero-order valence-electron chi connectivity index (χ0n) is 21.4. The first-order valence-corrected chi connectivity index (χ1v) is 13.9. The standard InChI is InChI=1S/C14H13BrO2.C10H7BrO.C4H10O.BF3/c15-10-2-1-9-8-14(13(17)12(9)7-10)5-3-11(16)4-6-14;1-6-4-7-2-3-8(11)5-9(7)10(6)12;1-3-5-4-2;2-1(3)4/h1-2,7H,3-6,8H2;2-3,5H,1,4H2;3-4H2,1-2H3;. The number of rotatable bonds is 2. The molecule has 4 nitrogen and oxygen atoms in total. The first-order valence-electron chi connectivity index (χ1n) is 12.3. The number of halogens is 5. The average molecular weight is 658 g/mol. The van der Waals surface area contributed by atoms with Crippen molar-refractivity contribution in [1.82, 2.24) is 0 Å². The van der Waals surface area contributed by atoms with Crippen molar-refractivity contribution >= 4 is 56.8 Å². The van der Waals surface area contributed by atoms with E-state index in [-0.39, 0.29) is 17.0 Å². The minimum atomic E-state index is -3.67. The van der Waals surface area contributed by atoms with Gasteiger partial charge in [-0.3, -0.25) is 27.3 Å². The summed E-state index contributed by atoms with van der Waals surface area (Å²) < 4.78 is 35.7. The van der Waals surface area contributed by atoms with Crippen LogP contribution in [0.5, 0.6) is 0 Å². The lowest BCUT2D eigenvalue weighted by Crippen LogP contribution is -2.33. The van der Waals surface area contributed by atoms with Gasteiger partial charge in [0.2, 0.25) is 0 Å². The molecular formula is C28H30BBr2F3O4. The molecule has 1 fully saturated rings. The Kier molecular flexibility index (Phi) is 12.6. The topological polar surface area (TPSA) is 60.4 Å². The summed E-state index contributed by atoms with van der Waals surface area (Å²) in [5.41, 5.74) is 4.32. The van der Waals surface area contributed by atoms with E-state index in [2.05, 4.69) is 38.4 Å². The number of fused-ring (bicyclic) bond motifs is 2. The van der Waals surface area contributed by atoms with Gasteiger partial charge < -0.3 is 4.74 Å². The molecular weight excluding hydrogens is 628 g/mol. The molecule has 0 atom stereocenters. The van der Waals surface area contributed by atoms with Gasteiger partial charge in [0.25, 0.3) is 0 Å². The van der Waals surface area contributed by atoms with E-state index in [1.165, 1.54) is 0 Å². The summed E-state index contributed by atoms with van der Waals surface area (Å²) in [4.78, 5) is 35.2. The maximum absolute atomic E-state index is 12.5. The van der Waals surface area contributed by atoms with E-state index in [1.54, 1.807) is 0 Å². The molecule has 0 amide bonds. The summed E-state index contributed by atoms with van der Waals surface area (Å²) in [5.74, 6) is 0.646. The van der Waals surface area contributed by atoms with Crippen LogP contribution in [0.2, 0.25) is 0 Å². The summed E-state index contributed by atoms with van der Waals surface area (Å²) in [7, 11) is -3.67. The van der Waals surface area contributed by atoms with Gasteiger partial charge in [-0.25, -0.2) is 0 Å². The number of carbonyl (C=O) groups excluding carboxylic acids is 3. The number of allylic oxidation sites excluding steroid dienone is 1. The fourth-order valence-corrected chi connectivity index (χ4v) is 5.40. The van der Waals surface area contributed by atoms with Crippen molar-refractivity contribution in [2.24, 2.45) is 5.41 Å². The molecule has 0 N–H and O–H groups in total. The highest BCUT2D eigenvalue weighted by molar-refractivity contribution is 9.10. The summed E-state index contributed by atoms with van der Waals surface area (Å²) in [5, 5.41) is 0. The molecule has 0 aromatic heterocycles. The normalized spacial score (nSPS) is 16.4. The highest BCUT2D eigenvalue weighted by Crippen LogP contribution is 2.46. The van der Waals surface area contributed by atoms with E-state index in [4.69, 9.17) is 4.74 Å². The van der Waals surface area contributed by atoms with Crippen molar-refractivity contribution in [3.63, 3.8) is 0 Å². The molecule has 0 bridgehead atoms. The number of carbonyl (C=O) groups is 3. The van der Waals surface area contributed by atoms with Crippen molar-refractivity contribution in [1.29, 1.82) is 0 Å². The van der Waals surface area contributed by atoms with Gasteiger partial charge in [0.1, 0.15) is 5.78 Å². The Balaban J connectivity index is 0.000000210. The lowest BCUT2D eigenvalue weighted by Gasteiger charge is -2.30. The third kappa shape index (κ3) is 8.75. The number of Topliss-reactive ketones (excluding diaryl/α,β-unsaturated/α-hetero) is 3. The molecule has 3 aliphatic carbocycles. The minimum Gasteiger partial charge on any atom is -0.382 e. The Labute approximate surface area is 238 Å². The molecule has 2 aromatic carbocycles. The first kappa shape index (κ1) is 32.2. The molecule has 5 rings (SSSR count). The quantitative estimate of drug-likeness (QED) is 0.243. The van der Waals surface area contributed by atoms with Crippen molar-refractivity contribution < 1.29 is 32.1 Å². The lowest BCUT2D eigenvalue weighted by molar-refractivity contribution is -0.121. The van der Waals surface area contributed by atoms with Crippen LogP contribution in [0.3, 0.4) is 0 Å². The number of hydrogen-bond donors (Lipinski definition) is 0. The Morgan fingerprint density at radius 2 is 1.39 bits per heavy atom. The third-order valence-corrected chi connectivity index (χ3v) is 7.53. The van der Waals surface area contributed by atoms with Crippen LogP contribution in [0.25, 0.3) is 0 Å². The molecule has 10 heteroatoms. The SMILES string of the molecule is C=C1Cc2ccc(Br)cc2C1=O.CCOCC.FB(F)F.O=C1CCC2(CC1)Cc1ccc(Br)cc1C2=O. The molecule has 1 saturated carbocycles. The van der Waals surface area contributed by atoms with Crippen molar-refractivity contribution in [2.75, 3.05) is 13.2 Å². The highest BCUT2D eigenvalue weighted by Gasteiger charge is 2.47. The second-order valence-corrected chi connectivity index (χ2v) is 10.9. The Morgan fingerprint density at radius 1 is 0.895 bits per heavy atom. The summed E-state index contributed by atoms with van der Waals surface area (Å²) >= 11 is 6.74. The molecule has 0 unspecified atom stereocenters. The molecule has 2 aromatic rings. The van der Waals surface area contributed by atoms with E-state index in [1.807, 2.05) is 50.2 Å². The predicted molar refractivity (Wildman–Crippen MR) is 151 cm³/mol. The fraction of sp³-hybridized carbons (Fsp3) is 0.393. The van der Waals surface area contributed by atoms with E-state index in [9.17, 15) is 27.3 Å². The van der Waals surface area contributed by atoms with Gasteiger partial charge in [0, 0.05) is 58.0 Å². The smallest absolute Gasteiger partial charge is 0.382 e. The lowest BCUT2D eigenvalue weighted by atomic mass is 9.71. The van der Waals surface area contributed by atoms with Crippen LogP contribution in [0.4, 0.5) is 12.9 Å². The number of benzene rings is 2. The maximum atomic E-state index is 12.5. The van der Waals surface area contributed by atoms with Crippen LogP contribution in [-0.4, -0.2) is 38.1 Å². The zero-order chi connectivity index (χ0) is 28.5. The minimum absolute atomic E-state index is 0.0892. The van der Waals surface area contributed by atoms with Gasteiger partial charge in [-0.2, -0.15) is 0 Å². The summed E-state index contributed by atoms with van der Waals surface area (Å²) in [6.45, 7) is 9.38. The van der Waals surface area contributed by atoms with E-state index >= 15 is 0 Å². The number of hydrogen-bond acceptors (Lipinski definition) is 4. The Hall–Kier alpha value is -2.04. The Bertz CT molecular complexity index is 1170. The van der Waals surface area contributed by atoms with E-state index in [0.29, 0.717) is 30.6 Å². The molecule has 3 aliphatic rings. The Morgan fingerprint density at radius 3 is 1.89 bits per heavy atom. The first-order chi connectivity index (χ1) is 17.9. The van der Waals surface area contributed by atoms with Gasteiger partial charge in [0.15, 0.2) is 11.6 Å². The van der Waals surface area contributed by atoms with Gasteiger partial charge in [-0.1, -0.05) is 50.6 Å². The average Bonchev–Trinajstić information content (AvgIpc) is 3.29. The second-order valence-electron chi connectivity index (χ2n) is 9.07. The van der Waals surface area contributed by atoms with Gasteiger partial charge in [-0.05, 0) is 74.1 Å². The van der Waals surface area contributed by atoms with E-state index < -0.39 is 7.54 Å². The molecule has 0 heterocycles. The molecule has 1 spiro atoms. The summed E-state index contributed by atoms with van der Waals surface area (Å²) in [6, 6.07) is 11.7. The predicted octanol–water partition coefficient (Wildman–Crippen LogP) is 7.98. The van der Waals surface area contributed by atoms with E-state index in [0.717, 1.165) is 63.7 Å². The fourth-order valence-electron chi connectivity index (χ4n) is 4.67. The van der Waals surface area contributed by atoms with Crippen LogP contribution in [0, 0.1) is 5.41 Å². The summed E-state index contributed by atoms with van der Waals surface area (Å²) in [6.07, 6.45) is 4.14.